The summed E-state index contributed by atoms with van der Waals surface area (Å²) in [5, 5.41) is 5.69. The van der Waals surface area contributed by atoms with E-state index in [1.54, 1.807) is 11.8 Å². The summed E-state index contributed by atoms with van der Waals surface area (Å²) in [7, 11) is 0. The Balaban J connectivity index is 1.55. The smallest absolute Gasteiger partial charge is 0.225 e. The van der Waals surface area contributed by atoms with Gasteiger partial charge in [0.25, 0.3) is 0 Å². The van der Waals surface area contributed by atoms with Crippen molar-refractivity contribution in [1.29, 1.82) is 0 Å². The quantitative estimate of drug-likeness (QED) is 0.725. The average Bonchev–Trinajstić information content (AvgIpc) is 2.56. The second-order valence-corrected chi connectivity index (χ2v) is 6.17. The number of amides is 2. The molecule has 0 fully saturated rings. The van der Waals surface area contributed by atoms with E-state index in [9.17, 15) is 9.59 Å². The molecule has 0 unspecified atom stereocenters. The molecular weight excluding hydrogens is 308 g/mol. The van der Waals surface area contributed by atoms with Crippen LogP contribution in [-0.4, -0.2) is 23.3 Å². The zero-order chi connectivity index (χ0) is 16.3. The molecule has 0 saturated heterocycles. The third-order valence-electron chi connectivity index (χ3n) is 3.06. The molecule has 120 valence electrons. The standard InChI is InChI=1S/C18H20N2O2S/c21-17(19-15-7-3-1-4-8-15)11-13-23-14-12-18(22)20-16-9-5-2-6-10-16/h1-10H,11-14H2,(H,19,21)(H,20,22). The maximum absolute atomic E-state index is 11.7. The van der Waals surface area contributed by atoms with Crippen molar-refractivity contribution in [1.82, 2.24) is 0 Å². The van der Waals surface area contributed by atoms with E-state index in [1.165, 1.54) is 0 Å². The first kappa shape index (κ1) is 17.1. The highest BCUT2D eigenvalue weighted by atomic mass is 32.2. The molecule has 2 amide bonds. The lowest BCUT2D eigenvalue weighted by atomic mass is 10.3. The molecule has 0 aromatic heterocycles. The molecular formula is C18H20N2O2S. The molecule has 0 radical (unpaired) electrons. The SMILES string of the molecule is O=C(CCSCCC(=O)Nc1ccccc1)Nc1ccccc1. The van der Waals surface area contributed by atoms with Crippen molar-refractivity contribution in [3.05, 3.63) is 60.7 Å². The molecule has 0 heterocycles. The van der Waals surface area contributed by atoms with Gasteiger partial charge in [0.1, 0.15) is 0 Å². The predicted octanol–water partition coefficient (Wildman–Crippen LogP) is 3.78. The van der Waals surface area contributed by atoms with E-state index in [-0.39, 0.29) is 11.8 Å². The Kier molecular flexibility index (Phi) is 7.20. The number of thioether (sulfide) groups is 1. The first-order valence-corrected chi connectivity index (χ1v) is 8.67. The highest BCUT2D eigenvalue weighted by molar-refractivity contribution is 7.99. The first-order chi connectivity index (χ1) is 11.2. The Hall–Kier alpha value is -2.27. The second kappa shape index (κ2) is 9.69. The highest BCUT2D eigenvalue weighted by Crippen LogP contribution is 2.10. The molecule has 0 saturated carbocycles. The lowest BCUT2D eigenvalue weighted by Gasteiger charge is -2.06. The number of anilines is 2. The Morgan fingerprint density at radius 1 is 0.696 bits per heavy atom. The van der Waals surface area contributed by atoms with E-state index in [0.717, 1.165) is 11.4 Å². The third kappa shape index (κ3) is 7.02. The summed E-state index contributed by atoms with van der Waals surface area (Å²) in [5.41, 5.74) is 1.62. The highest BCUT2D eigenvalue weighted by Gasteiger charge is 2.04. The molecule has 5 heteroatoms. The molecule has 0 aliphatic heterocycles. The molecule has 0 spiro atoms. The number of para-hydroxylation sites is 2. The van der Waals surface area contributed by atoms with Gasteiger partial charge >= 0.3 is 0 Å². The average molecular weight is 328 g/mol. The van der Waals surface area contributed by atoms with Gasteiger partial charge in [0, 0.05) is 35.7 Å². The Morgan fingerprint density at radius 3 is 1.48 bits per heavy atom. The van der Waals surface area contributed by atoms with Gasteiger partial charge in [0.2, 0.25) is 11.8 Å². The lowest BCUT2D eigenvalue weighted by Crippen LogP contribution is -2.13. The van der Waals surface area contributed by atoms with Crippen LogP contribution in [0.3, 0.4) is 0 Å². The van der Waals surface area contributed by atoms with Crippen molar-refractivity contribution >= 4 is 35.0 Å². The van der Waals surface area contributed by atoms with Crippen molar-refractivity contribution in [2.75, 3.05) is 22.1 Å². The van der Waals surface area contributed by atoms with Gasteiger partial charge in [-0.25, -0.2) is 0 Å². The first-order valence-electron chi connectivity index (χ1n) is 7.51. The van der Waals surface area contributed by atoms with Crippen molar-refractivity contribution in [2.24, 2.45) is 0 Å². The Bertz CT molecular complexity index is 562. The summed E-state index contributed by atoms with van der Waals surface area (Å²) in [6.45, 7) is 0. The van der Waals surface area contributed by atoms with Crippen LogP contribution in [0.15, 0.2) is 60.7 Å². The van der Waals surface area contributed by atoms with Crippen LogP contribution in [0, 0.1) is 0 Å². The molecule has 23 heavy (non-hydrogen) atoms. The fourth-order valence-electron chi connectivity index (χ4n) is 1.92. The zero-order valence-corrected chi connectivity index (χ0v) is 13.6. The minimum Gasteiger partial charge on any atom is -0.326 e. The molecule has 2 N–H and O–H groups in total. The topological polar surface area (TPSA) is 58.2 Å². The number of nitrogens with one attached hydrogen (secondary N) is 2. The molecule has 0 aliphatic rings. The molecule has 2 aromatic rings. The van der Waals surface area contributed by atoms with Gasteiger partial charge in [0.15, 0.2) is 0 Å². The van der Waals surface area contributed by atoms with E-state index in [0.29, 0.717) is 24.3 Å². The summed E-state index contributed by atoms with van der Waals surface area (Å²) in [5.74, 6) is 1.41. The normalized spacial score (nSPS) is 10.1. The lowest BCUT2D eigenvalue weighted by molar-refractivity contribution is -0.116. The fraction of sp³-hybridized carbons (Fsp3) is 0.222. The van der Waals surface area contributed by atoms with Gasteiger partial charge in [-0.15, -0.1) is 0 Å². The van der Waals surface area contributed by atoms with Gasteiger partial charge in [0.05, 0.1) is 0 Å². The van der Waals surface area contributed by atoms with Crippen LogP contribution in [-0.2, 0) is 9.59 Å². The van der Waals surface area contributed by atoms with Crippen LogP contribution in [0.4, 0.5) is 11.4 Å². The van der Waals surface area contributed by atoms with Crippen LogP contribution in [0.25, 0.3) is 0 Å². The summed E-state index contributed by atoms with van der Waals surface area (Å²) in [6.07, 6.45) is 0.889. The fourth-order valence-corrected chi connectivity index (χ4v) is 2.79. The summed E-state index contributed by atoms with van der Waals surface area (Å²) in [6, 6.07) is 18.8. The van der Waals surface area contributed by atoms with Crippen molar-refractivity contribution < 1.29 is 9.59 Å². The van der Waals surface area contributed by atoms with Crippen LogP contribution >= 0.6 is 11.8 Å². The van der Waals surface area contributed by atoms with Gasteiger partial charge in [-0.2, -0.15) is 11.8 Å². The number of rotatable bonds is 8. The van der Waals surface area contributed by atoms with E-state index >= 15 is 0 Å². The van der Waals surface area contributed by atoms with E-state index in [4.69, 9.17) is 0 Å². The minimum atomic E-state index is -0.00237. The zero-order valence-electron chi connectivity index (χ0n) is 12.8. The monoisotopic (exact) mass is 328 g/mol. The summed E-state index contributed by atoms with van der Waals surface area (Å²) >= 11 is 1.61. The maximum Gasteiger partial charge on any atom is 0.225 e. The molecule has 0 aliphatic carbocycles. The number of hydrogen-bond acceptors (Lipinski definition) is 3. The van der Waals surface area contributed by atoms with Crippen molar-refractivity contribution in [2.45, 2.75) is 12.8 Å². The third-order valence-corrected chi connectivity index (χ3v) is 4.05. The number of hydrogen-bond donors (Lipinski definition) is 2. The van der Waals surface area contributed by atoms with Gasteiger partial charge in [-0.3, -0.25) is 9.59 Å². The maximum atomic E-state index is 11.7. The Morgan fingerprint density at radius 2 is 1.09 bits per heavy atom. The van der Waals surface area contributed by atoms with E-state index in [2.05, 4.69) is 10.6 Å². The molecule has 2 aromatic carbocycles. The predicted molar refractivity (Wildman–Crippen MR) is 96.7 cm³/mol. The van der Waals surface area contributed by atoms with Crippen LogP contribution in [0.2, 0.25) is 0 Å². The van der Waals surface area contributed by atoms with Crippen LogP contribution in [0.1, 0.15) is 12.8 Å². The van der Waals surface area contributed by atoms with Gasteiger partial charge < -0.3 is 10.6 Å². The van der Waals surface area contributed by atoms with Crippen LogP contribution in [0.5, 0.6) is 0 Å². The second-order valence-electron chi connectivity index (χ2n) is 4.94. The number of carbonyl (C=O) groups is 2. The summed E-state index contributed by atoms with van der Waals surface area (Å²) < 4.78 is 0. The molecule has 2 rings (SSSR count). The largest absolute Gasteiger partial charge is 0.326 e. The van der Waals surface area contributed by atoms with Crippen molar-refractivity contribution in [3.63, 3.8) is 0 Å². The van der Waals surface area contributed by atoms with Crippen LogP contribution < -0.4 is 10.6 Å². The van der Waals surface area contributed by atoms with E-state index in [1.807, 2.05) is 60.7 Å². The molecule has 0 atom stereocenters. The number of carbonyl (C=O) groups excluding carboxylic acids is 2. The van der Waals surface area contributed by atoms with Gasteiger partial charge in [-0.1, -0.05) is 36.4 Å². The summed E-state index contributed by atoms with van der Waals surface area (Å²) in [4.78, 5) is 23.5. The minimum absolute atomic E-state index is 0.00237. The molecule has 4 nitrogen and oxygen atoms in total. The molecule has 0 bridgehead atoms. The van der Waals surface area contributed by atoms with Gasteiger partial charge in [-0.05, 0) is 24.3 Å². The number of benzene rings is 2. The Labute approximate surface area is 140 Å². The van der Waals surface area contributed by atoms with Crippen molar-refractivity contribution in [3.8, 4) is 0 Å². The van der Waals surface area contributed by atoms with E-state index < -0.39 is 0 Å².